The molecule has 1 N–H and O–H groups in total. The number of nitrogens with zero attached hydrogens (tertiary/aromatic N) is 2. The zero-order valence-corrected chi connectivity index (χ0v) is 14.5. The number of carboxylic acids is 1. The minimum Gasteiger partial charge on any atom is -0.480 e. The van der Waals surface area contributed by atoms with E-state index in [1.807, 2.05) is 45.0 Å². The summed E-state index contributed by atoms with van der Waals surface area (Å²) in [4.78, 5) is 39.1. The Bertz CT molecular complexity index is 641. The Kier molecular flexibility index (Phi) is 5.26. The van der Waals surface area contributed by atoms with Crippen molar-refractivity contribution in [2.75, 3.05) is 0 Å². The standard InChI is InChI=1S/C18H24N2O4/c1-5-12(3)15-16(21)20(13(4)17(22)23)18(24)19(15)10-14-8-6-11(2)7-9-14/h6-9,12-13,15H,5,10H2,1-4H3,(H,22,23). The molecule has 1 aliphatic rings. The zero-order valence-electron chi connectivity index (χ0n) is 14.5. The second kappa shape index (κ2) is 7.03. The Hall–Kier alpha value is -2.37. The minimum atomic E-state index is -1.18. The van der Waals surface area contributed by atoms with E-state index in [2.05, 4.69) is 0 Å². The molecule has 3 unspecified atom stereocenters. The molecule has 1 fully saturated rings. The van der Waals surface area contributed by atoms with E-state index in [4.69, 9.17) is 0 Å². The van der Waals surface area contributed by atoms with Crippen LogP contribution in [0.1, 0.15) is 38.3 Å². The number of hydrogen-bond acceptors (Lipinski definition) is 3. The molecule has 1 heterocycles. The molecule has 24 heavy (non-hydrogen) atoms. The van der Waals surface area contributed by atoms with Crippen molar-refractivity contribution in [3.8, 4) is 0 Å². The molecular weight excluding hydrogens is 308 g/mol. The summed E-state index contributed by atoms with van der Waals surface area (Å²) in [5, 5.41) is 9.20. The van der Waals surface area contributed by atoms with Gasteiger partial charge in [-0.15, -0.1) is 0 Å². The van der Waals surface area contributed by atoms with Crippen LogP contribution in [0.3, 0.4) is 0 Å². The number of benzene rings is 1. The van der Waals surface area contributed by atoms with Crippen molar-refractivity contribution in [2.45, 2.75) is 52.7 Å². The van der Waals surface area contributed by atoms with Gasteiger partial charge in [-0.2, -0.15) is 0 Å². The van der Waals surface area contributed by atoms with Gasteiger partial charge in [0.15, 0.2) is 0 Å². The molecule has 2 rings (SSSR count). The first kappa shape index (κ1) is 18.0. The Balaban J connectivity index is 2.34. The molecular formula is C18H24N2O4. The second-order valence-corrected chi connectivity index (χ2v) is 6.45. The third-order valence-electron chi connectivity index (χ3n) is 4.68. The lowest BCUT2D eigenvalue weighted by atomic mass is 9.97. The minimum absolute atomic E-state index is 0.0436. The summed E-state index contributed by atoms with van der Waals surface area (Å²) in [6, 6.07) is 5.43. The number of hydrogen-bond donors (Lipinski definition) is 1. The fraction of sp³-hybridized carbons (Fsp3) is 0.500. The third-order valence-corrected chi connectivity index (χ3v) is 4.68. The second-order valence-electron chi connectivity index (χ2n) is 6.45. The smallest absolute Gasteiger partial charge is 0.328 e. The molecule has 6 heteroatoms. The maximum absolute atomic E-state index is 12.7. The molecule has 3 amide bonds. The fourth-order valence-electron chi connectivity index (χ4n) is 2.92. The van der Waals surface area contributed by atoms with Crippen LogP contribution in [0.5, 0.6) is 0 Å². The topological polar surface area (TPSA) is 77.9 Å². The van der Waals surface area contributed by atoms with Crippen LogP contribution < -0.4 is 0 Å². The molecule has 1 aromatic rings. The Morgan fingerprint density at radius 2 is 1.79 bits per heavy atom. The van der Waals surface area contributed by atoms with Gasteiger partial charge >= 0.3 is 12.0 Å². The molecule has 3 atom stereocenters. The van der Waals surface area contributed by atoms with E-state index in [0.717, 1.165) is 22.4 Å². The van der Waals surface area contributed by atoms with E-state index < -0.39 is 30.0 Å². The average Bonchev–Trinajstić information content (AvgIpc) is 2.78. The van der Waals surface area contributed by atoms with Crippen molar-refractivity contribution in [1.82, 2.24) is 9.80 Å². The average molecular weight is 332 g/mol. The van der Waals surface area contributed by atoms with Crippen LogP contribution in [-0.2, 0) is 16.1 Å². The molecule has 0 bridgehead atoms. The van der Waals surface area contributed by atoms with Crippen molar-refractivity contribution < 1.29 is 19.5 Å². The summed E-state index contributed by atoms with van der Waals surface area (Å²) in [6.45, 7) is 7.50. The van der Waals surface area contributed by atoms with Gasteiger partial charge < -0.3 is 10.0 Å². The predicted molar refractivity (Wildman–Crippen MR) is 89.3 cm³/mol. The van der Waals surface area contributed by atoms with Gasteiger partial charge in [-0.25, -0.2) is 14.5 Å². The lowest BCUT2D eigenvalue weighted by molar-refractivity contribution is -0.146. The van der Waals surface area contributed by atoms with Gasteiger partial charge in [0.2, 0.25) is 0 Å². The Morgan fingerprint density at radius 1 is 1.21 bits per heavy atom. The van der Waals surface area contributed by atoms with Crippen molar-refractivity contribution in [3.63, 3.8) is 0 Å². The van der Waals surface area contributed by atoms with E-state index in [1.165, 1.54) is 11.8 Å². The largest absolute Gasteiger partial charge is 0.480 e. The monoisotopic (exact) mass is 332 g/mol. The number of rotatable bonds is 6. The van der Waals surface area contributed by atoms with Gasteiger partial charge in [-0.05, 0) is 25.3 Å². The van der Waals surface area contributed by atoms with Gasteiger partial charge in [0.05, 0.1) is 0 Å². The first-order valence-corrected chi connectivity index (χ1v) is 8.20. The maximum atomic E-state index is 12.7. The molecule has 0 saturated carbocycles. The van der Waals surface area contributed by atoms with Crippen LogP contribution in [-0.4, -0.2) is 44.9 Å². The van der Waals surface area contributed by atoms with Crippen LogP contribution in [0.4, 0.5) is 4.79 Å². The first-order valence-electron chi connectivity index (χ1n) is 8.20. The molecule has 1 aliphatic heterocycles. The molecule has 0 radical (unpaired) electrons. The summed E-state index contributed by atoms with van der Waals surface area (Å²) in [5.41, 5.74) is 2.03. The predicted octanol–water partition coefficient (Wildman–Crippen LogP) is 2.65. The van der Waals surface area contributed by atoms with Crippen molar-refractivity contribution in [1.29, 1.82) is 0 Å². The molecule has 1 saturated heterocycles. The van der Waals surface area contributed by atoms with Gasteiger partial charge in [0.1, 0.15) is 12.1 Å². The van der Waals surface area contributed by atoms with Crippen molar-refractivity contribution in [3.05, 3.63) is 35.4 Å². The highest BCUT2D eigenvalue weighted by molar-refractivity contribution is 6.06. The summed E-state index contributed by atoms with van der Waals surface area (Å²) < 4.78 is 0. The molecule has 0 spiro atoms. The molecule has 0 aliphatic carbocycles. The van der Waals surface area contributed by atoms with Crippen molar-refractivity contribution >= 4 is 17.9 Å². The lowest BCUT2D eigenvalue weighted by Gasteiger charge is -2.26. The van der Waals surface area contributed by atoms with E-state index in [1.54, 1.807) is 0 Å². The number of imide groups is 1. The number of amides is 3. The Morgan fingerprint density at radius 3 is 2.29 bits per heavy atom. The Labute approximate surface area is 142 Å². The van der Waals surface area contributed by atoms with Gasteiger partial charge in [-0.3, -0.25) is 4.79 Å². The van der Waals surface area contributed by atoms with Crippen LogP contribution in [0.25, 0.3) is 0 Å². The van der Waals surface area contributed by atoms with Crippen LogP contribution in [0.15, 0.2) is 24.3 Å². The number of urea groups is 1. The maximum Gasteiger partial charge on any atom is 0.328 e. The number of aryl methyl sites for hydroxylation is 1. The van der Waals surface area contributed by atoms with Crippen molar-refractivity contribution in [2.24, 2.45) is 5.92 Å². The summed E-state index contributed by atoms with van der Waals surface area (Å²) in [5.74, 6) is -1.65. The molecule has 0 aromatic heterocycles. The third kappa shape index (κ3) is 3.27. The highest BCUT2D eigenvalue weighted by atomic mass is 16.4. The highest BCUT2D eigenvalue weighted by Crippen LogP contribution is 2.29. The molecule has 6 nitrogen and oxygen atoms in total. The van der Waals surface area contributed by atoms with Gasteiger partial charge in [0.25, 0.3) is 5.91 Å². The van der Waals surface area contributed by atoms with Gasteiger partial charge in [-0.1, -0.05) is 50.1 Å². The number of carbonyl (C=O) groups excluding carboxylic acids is 2. The zero-order chi connectivity index (χ0) is 18.0. The number of aliphatic carboxylic acids is 1. The van der Waals surface area contributed by atoms with E-state index in [-0.39, 0.29) is 5.92 Å². The van der Waals surface area contributed by atoms with Crippen LogP contribution in [0, 0.1) is 12.8 Å². The first-order chi connectivity index (χ1) is 11.3. The normalized spacial score (nSPS) is 20.4. The van der Waals surface area contributed by atoms with Gasteiger partial charge in [0, 0.05) is 6.54 Å². The SMILES string of the molecule is CCC(C)C1C(=O)N(C(C)C(=O)O)C(=O)N1Cc1ccc(C)cc1. The van der Waals surface area contributed by atoms with Crippen LogP contribution in [0.2, 0.25) is 0 Å². The summed E-state index contributed by atoms with van der Waals surface area (Å²) in [6.07, 6.45) is 0.726. The van der Waals surface area contributed by atoms with Crippen LogP contribution >= 0.6 is 0 Å². The highest BCUT2D eigenvalue weighted by Gasteiger charge is 2.50. The summed E-state index contributed by atoms with van der Waals surface area (Å²) in [7, 11) is 0. The molecule has 130 valence electrons. The number of carboxylic acid groups (broad SMARTS) is 1. The lowest BCUT2D eigenvalue weighted by Crippen LogP contribution is -2.44. The van der Waals surface area contributed by atoms with E-state index >= 15 is 0 Å². The number of carbonyl (C=O) groups is 3. The van der Waals surface area contributed by atoms with E-state index in [9.17, 15) is 19.5 Å². The summed E-state index contributed by atoms with van der Waals surface area (Å²) >= 11 is 0. The quantitative estimate of drug-likeness (QED) is 0.812. The fourth-order valence-corrected chi connectivity index (χ4v) is 2.92. The molecule has 1 aromatic carbocycles. The van der Waals surface area contributed by atoms with E-state index in [0.29, 0.717) is 6.54 Å².